The molecule has 0 saturated heterocycles. The average Bonchev–Trinajstić information content (AvgIpc) is 2.76. The molecule has 0 aliphatic rings. The lowest BCUT2D eigenvalue weighted by molar-refractivity contribution is 0.582. The van der Waals surface area contributed by atoms with Gasteiger partial charge in [-0.3, -0.25) is 9.40 Å². The highest BCUT2D eigenvalue weighted by atomic mass is 79.9. The summed E-state index contributed by atoms with van der Waals surface area (Å²) >= 11 is 2.91. The van der Waals surface area contributed by atoms with Crippen LogP contribution in [-0.2, 0) is 16.6 Å². The Morgan fingerprint density at radius 2 is 1.95 bits per heavy atom. The minimum absolute atomic E-state index is 0.152. The van der Waals surface area contributed by atoms with E-state index in [1.807, 2.05) is 4.72 Å². The van der Waals surface area contributed by atoms with Gasteiger partial charge in [-0.25, -0.2) is 17.2 Å². The van der Waals surface area contributed by atoms with Crippen molar-refractivity contribution in [1.29, 1.82) is 0 Å². The molecule has 0 aliphatic heterocycles. The van der Waals surface area contributed by atoms with Crippen molar-refractivity contribution in [3.8, 4) is 0 Å². The van der Waals surface area contributed by atoms with E-state index < -0.39 is 27.3 Å². The largest absolute Gasteiger partial charge is 0.381 e. The van der Waals surface area contributed by atoms with Crippen LogP contribution in [0.15, 0.2) is 27.7 Å². The zero-order valence-electron chi connectivity index (χ0n) is 10.8. The SMILES string of the molecule is CCn1cc(S(=O)(=O)Nc2c(F)cc(Br)cc2F)c(N)n1. The first-order valence-electron chi connectivity index (χ1n) is 5.75. The number of anilines is 2. The second kappa shape index (κ2) is 5.60. The number of hydrogen-bond donors (Lipinski definition) is 2. The minimum atomic E-state index is -4.24. The van der Waals surface area contributed by atoms with Crippen molar-refractivity contribution in [3.63, 3.8) is 0 Å². The fourth-order valence-electron chi connectivity index (χ4n) is 1.62. The first kappa shape index (κ1) is 15.7. The molecule has 21 heavy (non-hydrogen) atoms. The van der Waals surface area contributed by atoms with Gasteiger partial charge in [-0.2, -0.15) is 5.10 Å². The molecule has 0 amide bonds. The van der Waals surface area contributed by atoms with Gasteiger partial charge in [0.2, 0.25) is 0 Å². The summed E-state index contributed by atoms with van der Waals surface area (Å²) in [6.07, 6.45) is 1.19. The van der Waals surface area contributed by atoms with Gasteiger partial charge in [0, 0.05) is 17.2 Å². The van der Waals surface area contributed by atoms with E-state index in [2.05, 4.69) is 21.0 Å². The molecule has 0 saturated carbocycles. The van der Waals surface area contributed by atoms with Gasteiger partial charge >= 0.3 is 0 Å². The predicted molar refractivity (Wildman–Crippen MR) is 77.2 cm³/mol. The fourth-order valence-corrected chi connectivity index (χ4v) is 3.17. The molecule has 0 radical (unpaired) electrons. The molecule has 1 heterocycles. The number of nitrogen functional groups attached to an aromatic ring is 1. The number of sulfonamides is 1. The van der Waals surface area contributed by atoms with Crippen molar-refractivity contribution < 1.29 is 17.2 Å². The van der Waals surface area contributed by atoms with Crippen molar-refractivity contribution >= 4 is 37.5 Å². The van der Waals surface area contributed by atoms with Crippen molar-refractivity contribution in [2.75, 3.05) is 10.5 Å². The molecule has 3 N–H and O–H groups in total. The third-order valence-corrected chi connectivity index (χ3v) is 4.44. The Kier molecular flexibility index (Phi) is 4.19. The summed E-state index contributed by atoms with van der Waals surface area (Å²) < 4.78 is 55.0. The molecule has 1 aromatic carbocycles. The molecule has 1 aromatic heterocycles. The van der Waals surface area contributed by atoms with Gasteiger partial charge in [0.15, 0.2) is 17.5 Å². The highest BCUT2D eigenvalue weighted by Crippen LogP contribution is 2.27. The van der Waals surface area contributed by atoms with Crippen LogP contribution in [0.1, 0.15) is 6.92 Å². The molecule has 2 rings (SSSR count). The second-order valence-corrected chi connectivity index (χ2v) is 6.65. The van der Waals surface area contributed by atoms with Crippen LogP contribution in [0.2, 0.25) is 0 Å². The Labute approximate surface area is 128 Å². The summed E-state index contributed by atoms with van der Waals surface area (Å²) in [7, 11) is -4.24. The van der Waals surface area contributed by atoms with Crippen molar-refractivity contribution in [2.24, 2.45) is 0 Å². The number of nitrogens with two attached hydrogens (primary N) is 1. The summed E-state index contributed by atoms with van der Waals surface area (Å²) in [6.45, 7) is 2.14. The van der Waals surface area contributed by atoms with Crippen LogP contribution in [-0.4, -0.2) is 18.2 Å². The smallest absolute Gasteiger partial charge is 0.267 e. The Hall–Kier alpha value is -1.68. The molecule has 0 fully saturated rings. The number of halogens is 3. The highest BCUT2D eigenvalue weighted by molar-refractivity contribution is 9.10. The molecule has 0 spiro atoms. The van der Waals surface area contributed by atoms with Gasteiger partial charge in [0.1, 0.15) is 10.6 Å². The van der Waals surface area contributed by atoms with Gasteiger partial charge < -0.3 is 5.73 Å². The molecule has 2 aromatic rings. The zero-order chi connectivity index (χ0) is 15.8. The molecule has 0 unspecified atom stereocenters. The number of benzene rings is 1. The van der Waals surface area contributed by atoms with Gasteiger partial charge in [-0.1, -0.05) is 15.9 Å². The Balaban J connectivity index is 2.44. The van der Waals surface area contributed by atoms with Crippen LogP contribution in [0.4, 0.5) is 20.3 Å². The average molecular weight is 381 g/mol. The van der Waals surface area contributed by atoms with Gasteiger partial charge in [-0.05, 0) is 19.1 Å². The monoisotopic (exact) mass is 380 g/mol. The number of aryl methyl sites for hydroxylation is 1. The van der Waals surface area contributed by atoms with Gasteiger partial charge in [0.05, 0.1) is 0 Å². The molecule has 114 valence electrons. The van der Waals surface area contributed by atoms with Crippen LogP contribution >= 0.6 is 15.9 Å². The van der Waals surface area contributed by atoms with E-state index >= 15 is 0 Å². The highest BCUT2D eigenvalue weighted by Gasteiger charge is 2.24. The third kappa shape index (κ3) is 3.16. The predicted octanol–water partition coefficient (Wildman–Crippen LogP) is 2.33. The number of aromatic nitrogens is 2. The van der Waals surface area contributed by atoms with Crippen LogP contribution < -0.4 is 10.5 Å². The number of nitrogens with one attached hydrogen (secondary N) is 1. The second-order valence-electron chi connectivity index (χ2n) is 4.08. The lowest BCUT2D eigenvalue weighted by Crippen LogP contribution is -2.16. The van der Waals surface area contributed by atoms with Crippen molar-refractivity contribution in [1.82, 2.24) is 9.78 Å². The van der Waals surface area contributed by atoms with Crippen molar-refractivity contribution in [3.05, 3.63) is 34.4 Å². The number of nitrogens with zero attached hydrogens (tertiary/aromatic N) is 2. The maximum absolute atomic E-state index is 13.7. The molecule has 6 nitrogen and oxygen atoms in total. The summed E-state index contributed by atoms with van der Waals surface area (Å²) in [5, 5.41) is 3.78. The lowest BCUT2D eigenvalue weighted by Gasteiger charge is -2.09. The molecule has 0 bridgehead atoms. The summed E-state index contributed by atoms with van der Waals surface area (Å²) in [4.78, 5) is -0.342. The van der Waals surface area contributed by atoms with E-state index in [9.17, 15) is 17.2 Å². The maximum atomic E-state index is 13.7. The quantitative estimate of drug-likeness (QED) is 0.851. The Morgan fingerprint density at radius 1 is 1.38 bits per heavy atom. The number of hydrogen-bond acceptors (Lipinski definition) is 4. The Bertz CT molecular complexity index is 769. The van der Waals surface area contributed by atoms with E-state index in [-0.39, 0.29) is 15.2 Å². The van der Waals surface area contributed by atoms with Crippen LogP contribution in [0.5, 0.6) is 0 Å². The van der Waals surface area contributed by atoms with Gasteiger partial charge in [-0.15, -0.1) is 0 Å². The molecule has 0 aliphatic carbocycles. The molecular weight excluding hydrogens is 370 g/mol. The van der Waals surface area contributed by atoms with Crippen molar-refractivity contribution in [2.45, 2.75) is 18.4 Å². The molecule has 0 atom stereocenters. The summed E-state index contributed by atoms with van der Waals surface area (Å²) in [6, 6.07) is 1.89. The maximum Gasteiger partial charge on any atom is 0.267 e. The van der Waals surface area contributed by atoms with Gasteiger partial charge in [0.25, 0.3) is 10.0 Å². The van der Waals surface area contributed by atoms with E-state index in [0.717, 1.165) is 12.1 Å². The van der Waals surface area contributed by atoms with Crippen LogP contribution in [0.25, 0.3) is 0 Å². The zero-order valence-corrected chi connectivity index (χ0v) is 13.2. The summed E-state index contributed by atoms with van der Waals surface area (Å²) in [5.74, 6) is -2.35. The van der Waals surface area contributed by atoms with E-state index in [1.165, 1.54) is 10.9 Å². The standard InChI is InChI=1S/C11H11BrF2N4O2S/c1-2-18-5-9(11(15)16-18)21(19,20)17-10-7(13)3-6(12)4-8(10)14/h3-5,17H,2H2,1H3,(H2,15,16). The van der Waals surface area contributed by atoms with E-state index in [4.69, 9.17) is 5.73 Å². The topological polar surface area (TPSA) is 90.0 Å². The molecular formula is C11H11BrF2N4O2S. The number of rotatable bonds is 4. The first-order valence-corrected chi connectivity index (χ1v) is 8.02. The minimum Gasteiger partial charge on any atom is -0.381 e. The fraction of sp³-hybridized carbons (Fsp3) is 0.182. The summed E-state index contributed by atoms with van der Waals surface area (Å²) in [5.41, 5.74) is 4.73. The normalized spacial score (nSPS) is 11.6. The first-order chi connectivity index (χ1) is 9.74. The van der Waals surface area contributed by atoms with Crippen LogP contribution in [0, 0.1) is 11.6 Å². The Morgan fingerprint density at radius 3 is 2.43 bits per heavy atom. The van der Waals surface area contributed by atoms with Crippen LogP contribution in [0.3, 0.4) is 0 Å². The molecule has 10 heteroatoms. The van der Waals surface area contributed by atoms with E-state index in [1.54, 1.807) is 6.92 Å². The third-order valence-electron chi connectivity index (χ3n) is 2.61. The van der Waals surface area contributed by atoms with E-state index in [0.29, 0.717) is 6.54 Å². The lowest BCUT2D eigenvalue weighted by atomic mass is 10.3.